The zero-order chi connectivity index (χ0) is 40.7. The first kappa shape index (κ1) is 55.3. The molecule has 0 aliphatic carbocycles. The summed E-state index contributed by atoms with van der Waals surface area (Å²) in [5.74, 6) is 1.17. The topological polar surface area (TPSA) is 20.2 Å². The molecule has 0 aliphatic rings. The van der Waals surface area contributed by atoms with Gasteiger partial charge in [-0.3, -0.25) is 0 Å². The lowest BCUT2D eigenvalue weighted by Crippen LogP contribution is -1.94. The zero-order valence-corrected chi connectivity index (χ0v) is 39.7. The van der Waals surface area contributed by atoms with Crippen molar-refractivity contribution in [2.24, 2.45) is 5.92 Å². The Hall–Kier alpha value is -0.720. The molecule has 56 heavy (non-hydrogen) atoms. The van der Waals surface area contributed by atoms with Crippen molar-refractivity contribution in [2.45, 2.75) is 323 Å². The third-order valence-electron chi connectivity index (χ3n) is 12.8. The van der Waals surface area contributed by atoms with Gasteiger partial charge in [-0.25, -0.2) is 0 Å². The first-order valence-electron chi connectivity index (χ1n) is 26.7. The highest BCUT2D eigenvalue weighted by molar-refractivity contribution is 5.21. The monoisotopic (exact) mass is 785 g/mol. The maximum atomic E-state index is 10.3. The van der Waals surface area contributed by atoms with E-state index in [0.717, 1.165) is 12.8 Å². The number of unbranched alkanes of at least 4 members (excludes halogenated alkanes) is 41. The van der Waals surface area contributed by atoms with E-state index < -0.39 is 0 Å². The summed E-state index contributed by atoms with van der Waals surface area (Å²) in [6, 6.07) is 0. The van der Waals surface area contributed by atoms with Gasteiger partial charge in [0, 0.05) is 6.42 Å². The molecule has 0 aliphatic heterocycles. The molecule has 0 amide bonds. The van der Waals surface area contributed by atoms with Gasteiger partial charge < -0.3 is 5.11 Å². The highest BCUT2D eigenvalue weighted by Crippen LogP contribution is 2.22. The maximum Gasteiger partial charge on any atom is 0.0922 e. The van der Waals surface area contributed by atoms with Crippen LogP contribution in [0, 0.1) is 5.92 Å². The predicted octanol–water partition coefficient (Wildman–Crippen LogP) is 21.0. The average molecular weight is 785 g/mol. The van der Waals surface area contributed by atoms with E-state index >= 15 is 0 Å². The number of hydrogen-bond donors (Lipinski definition) is 1. The van der Waals surface area contributed by atoms with E-state index in [-0.39, 0.29) is 0 Å². The zero-order valence-electron chi connectivity index (χ0n) is 39.7. The molecule has 1 heteroatoms. The molecule has 334 valence electrons. The van der Waals surface area contributed by atoms with E-state index in [0.29, 0.717) is 11.7 Å². The molecule has 1 N–H and O–H groups in total. The van der Waals surface area contributed by atoms with Gasteiger partial charge in [-0.1, -0.05) is 303 Å². The molecule has 0 heterocycles. The van der Waals surface area contributed by atoms with Gasteiger partial charge in [-0.2, -0.15) is 0 Å². The predicted molar refractivity (Wildman–Crippen MR) is 257 cm³/mol. The van der Waals surface area contributed by atoms with Crippen LogP contribution < -0.4 is 0 Å². The van der Waals surface area contributed by atoms with Crippen LogP contribution in [0.4, 0.5) is 0 Å². The van der Waals surface area contributed by atoms with Crippen LogP contribution in [0.25, 0.3) is 0 Å². The molecule has 1 unspecified atom stereocenters. The molecule has 0 bridgehead atoms. The number of aliphatic hydroxyl groups is 1. The van der Waals surface area contributed by atoms with Crippen LogP contribution in [0.1, 0.15) is 323 Å². The number of aliphatic hydroxyl groups excluding tert-OH is 1. The Balaban J connectivity index is 3.65. The highest BCUT2D eigenvalue weighted by Gasteiger charge is 2.04. The van der Waals surface area contributed by atoms with Gasteiger partial charge in [-0.15, -0.1) is 0 Å². The molecular weight excluding hydrogens is 677 g/mol. The molecule has 1 nitrogen and oxygen atoms in total. The minimum Gasteiger partial charge on any atom is -0.512 e. The number of allylic oxidation sites excluding steroid dienone is 4. The summed E-state index contributed by atoms with van der Waals surface area (Å²) in [4.78, 5) is 0. The fourth-order valence-electron chi connectivity index (χ4n) is 8.80. The van der Waals surface area contributed by atoms with E-state index in [1.54, 1.807) is 0 Å². The normalized spacial score (nSPS) is 12.9. The second-order valence-electron chi connectivity index (χ2n) is 18.7. The van der Waals surface area contributed by atoms with Gasteiger partial charge in [0.1, 0.15) is 0 Å². The lowest BCUT2D eigenvalue weighted by Gasteiger charge is -2.11. The lowest BCUT2D eigenvalue weighted by atomic mass is 9.96. The Morgan fingerprint density at radius 2 is 0.571 bits per heavy atom. The highest BCUT2D eigenvalue weighted by atomic mass is 16.3. The summed E-state index contributed by atoms with van der Waals surface area (Å²) in [7, 11) is 0. The third kappa shape index (κ3) is 46.0. The molecule has 0 saturated heterocycles. The van der Waals surface area contributed by atoms with Gasteiger partial charge >= 0.3 is 0 Å². The van der Waals surface area contributed by atoms with Crippen molar-refractivity contribution < 1.29 is 5.11 Å². The second kappa shape index (κ2) is 48.6. The van der Waals surface area contributed by atoms with Gasteiger partial charge in [0.15, 0.2) is 0 Å². The van der Waals surface area contributed by atoms with Crippen molar-refractivity contribution in [1.82, 2.24) is 0 Å². The van der Waals surface area contributed by atoms with Crippen LogP contribution in [0.2, 0.25) is 0 Å². The van der Waals surface area contributed by atoms with Crippen LogP contribution in [0.3, 0.4) is 0 Å². The third-order valence-corrected chi connectivity index (χ3v) is 12.8. The first-order valence-corrected chi connectivity index (χ1v) is 26.7. The standard InChI is InChI=1S/C55H108O/c1-5-8-10-12-14-16-18-20-22-24-26-28-30-31-33-35-37-39-41-43-45-47-49-53(4)51-54(52-55(56)7-3)50-48-46-44-42-40-38-36-34-32-29-27-25-23-21-19-17-15-13-11-9-6-2/h51-53,56H,5-50H2,1-4H3/b54-51?,55-52-. The number of rotatable bonds is 48. The van der Waals surface area contributed by atoms with Crippen molar-refractivity contribution in [1.29, 1.82) is 0 Å². The number of hydrogen-bond acceptors (Lipinski definition) is 1. The van der Waals surface area contributed by atoms with Gasteiger partial charge in [-0.05, 0) is 36.8 Å². The molecule has 0 aromatic heterocycles. The second-order valence-corrected chi connectivity index (χ2v) is 18.7. The van der Waals surface area contributed by atoms with E-state index in [9.17, 15) is 5.11 Å². The fourth-order valence-corrected chi connectivity index (χ4v) is 8.80. The summed E-state index contributed by atoms with van der Waals surface area (Å²) in [6.45, 7) is 9.07. The van der Waals surface area contributed by atoms with E-state index in [1.165, 1.54) is 288 Å². The molecule has 0 saturated carbocycles. The summed E-state index contributed by atoms with van der Waals surface area (Å²) >= 11 is 0. The molecule has 0 aromatic carbocycles. The quantitative estimate of drug-likeness (QED) is 0.0370. The Labute approximate surface area is 356 Å². The smallest absolute Gasteiger partial charge is 0.0922 e. The summed E-state index contributed by atoms with van der Waals surface area (Å²) in [6.07, 6.45) is 69.7. The van der Waals surface area contributed by atoms with Crippen molar-refractivity contribution in [3.8, 4) is 0 Å². The Bertz CT molecular complexity index is 778. The summed E-state index contributed by atoms with van der Waals surface area (Å²) in [5, 5.41) is 10.3. The van der Waals surface area contributed by atoms with Crippen LogP contribution in [-0.4, -0.2) is 5.11 Å². The molecule has 0 spiro atoms. The SMILES string of the molecule is CCCCCCCCCCCCCCCCCCCCCCCCC(C)C=C(/C=C(\O)CC)CCCCCCCCCCCCCCCCCCCCCCC. The molecule has 0 aromatic rings. The maximum absolute atomic E-state index is 10.3. The molecule has 0 rings (SSSR count). The minimum atomic E-state index is 0.552. The van der Waals surface area contributed by atoms with Crippen LogP contribution >= 0.6 is 0 Å². The largest absolute Gasteiger partial charge is 0.512 e. The summed E-state index contributed by atoms with van der Waals surface area (Å²) < 4.78 is 0. The summed E-state index contributed by atoms with van der Waals surface area (Å²) in [5.41, 5.74) is 1.38. The van der Waals surface area contributed by atoms with E-state index in [1.807, 2.05) is 0 Å². The Morgan fingerprint density at radius 1 is 0.339 bits per heavy atom. The average Bonchev–Trinajstić information content (AvgIpc) is 3.20. The fraction of sp³-hybridized carbons (Fsp3) is 0.927. The van der Waals surface area contributed by atoms with Crippen LogP contribution in [-0.2, 0) is 0 Å². The molecule has 0 fully saturated rings. The Morgan fingerprint density at radius 3 is 0.821 bits per heavy atom. The van der Waals surface area contributed by atoms with E-state index in [4.69, 9.17) is 0 Å². The van der Waals surface area contributed by atoms with Gasteiger partial charge in [0.25, 0.3) is 0 Å². The van der Waals surface area contributed by atoms with Crippen molar-refractivity contribution in [3.05, 3.63) is 23.5 Å². The van der Waals surface area contributed by atoms with Crippen LogP contribution in [0.15, 0.2) is 23.5 Å². The minimum absolute atomic E-state index is 0.552. The van der Waals surface area contributed by atoms with Crippen molar-refractivity contribution in [2.75, 3.05) is 0 Å². The van der Waals surface area contributed by atoms with E-state index in [2.05, 4.69) is 39.8 Å². The van der Waals surface area contributed by atoms with Crippen molar-refractivity contribution >= 4 is 0 Å². The first-order chi connectivity index (χ1) is 27.6. The van der Waals surface area contributed by atoms with Crippen LogP contribution in [0.5, 0.6) is 0 Å². The lowest BCUT2D eigenvalue weighted by molar-refractivity contribution is 0.393. The Kier molecular flexibility index (Phi) is 48.0. The van der Waals surface area contributed by atoms with Gasteiger partial charge in [0.05, 0.1) is 5.76 Å². The molecule has 1 atom stereocenters. The molecular formula is C55H108O. The molecule has 0 radical (unpaired) electrons. The van der Waals surface area contributed by atoms with Gasteiger partial charge in [0.2, 0.25) is 0 Å². The van der Waals surface area contributed by atoms with Crippen molar-refractivity contribution in [3.63, 3.8) is 0 Å².